The molecule has 120 valence electrons. The van der Waals surface area contributed by atoms with Crippen molar-refractivity contribution in [2.24, 2.45) is 0 Å². The highest BCUT2D eigenvalue weighted by molar-refractivity contribution is 5.96. The van der Waals surface area contributed by atoms with Gasteiger partial charge in [0, 0.05) is 31.1 Å². The second-order valence-corrected chi connectivity index (χ2v) is 6.54. The molecule has 23 heavy (non-hydrogen) atoms. The zero-order valence-corrected chi connectivity index (χ0v) is 13.1. The van der Waals surface area contributed by atoms with E-state index in [2.05, 4.69) is 9.88 Å². The van der Waals surface area contributed by atoms with E-state index >= 15 is 0 Å². The Labute approximate surface area is 134 Å². The molecule has 1 aromatic carbocycles. The van der Waals surface area contributed by atoms with Crippen LogP contribution in [0.25, 0.3) is 10.8 Å². The van der Waals surface area contributed by atoms with Gasteiger partial charge in [-0.15, -0.1) is 0 Å². The molecule has 1 amide bonds. The third kappa shape index (κ3) is 2.65. The van der Waals surface area contributed by atoms with Gasteiger partial charge in [-0.1, -0.05) is 24.6 Å². The summed E-state index contributed by atoms with van der Waals surface area (Å²) in [6.45, 7) is 3.60. The van der Waals surface area contributed by atoms with Crippen molar-refractivity contribution in [1.82, 2.24) is 14.8 Å². The van der Waals surface area contributed by atoms with Crippen LogP contribution in [-0.2, 0) is 0 Å². The van der Waals surface area contributed by atoms with E-state index in [-0.39, 0.29) is 11.5 Å². The van der Waals surface area contributed by atoms with E-state index in [0.717, 1.165) is 38.0 Å². The summed E-state index contributed by atoms with van der Waals surface area (Å²) >= 11 is 0. The van der Waals surface area contributed by atoms with Crippen molar-refractivity contribution in [1.29, 1.82) is 0 Å². The summed E-state index contributed by atoms with van der Waals surface area (Å²) in [7, 11) is 0. The first-order valence-corrected chi connectivity index (χ1v) is 8.38. The van der Waals surface area contributed by atoms with E-state index in [1.807, 2.05) is 23.1 Å². The molecule has 2 fully saturated rings. The number of nitrogens with one attached hydrogen (secondary N) is 1. The molecule has 2 saturated heterocycles. The van der Waals surface area contributed by atoms with E-state index in [1.165, 1.54) is 12.8 Å². The van der Waals surface area contributed by atoms with Crippen molar-refractivity contribution in [3.8, 4) is 0 Å². The number of H-pyrrole nitrogens is 1. The van der Waals surface area contributed by atoms with E-state index in [1.54, 1.807) is 12.1 Å². The molecule has 0 unspecified atom stereocenters. The van der Waals surface area contributed by atoms with Crippen molar-refractivity contribution in [3.05, 3.63) is 46.4 Å². The van der Waals surface area contributed by atoms with Gasteiger partial charge in [-0.2, -0.15) is 0 Å². The molecule has 0 saturated carbocycles. The topological polar surface area (TPSA) is 56.4 Å². The van der Waals surface area contributed by atoms with Gasteiger partial charge in [0.2, 0.25) is 0 Å². The lowest BCUT2D eigenvalue weighted by Gasteiger charge is -2.43. The highest BCUT2D eigenvalue weighted by Gasteiger charge is 2.31. The lowest BCUT2D eigenvalue weighted by atomic mass is 9.99. The van der Waals surface area contributed by atoms with Gasteiger partial charge in [-0.05, 0) is 36.9 Å². The highest BCUT2D eigenvalue weighted by atomic mass is 16.2. The number of hydrogen-bond donors (Lipinski definition) is 1. The number of amides is 1. The highest BCUT2D eigenvalue weighted by Crippen LogP contribution is 2.22. The van der Waals surface area contributed by atoms with Crippen molar-refractivity contribution >= 4 is 16.7 Å². The number of piperazine rings is 1. The molecule has 2 aliphatic heterocycles. The van der Waals surface area contributed by atoms with Crippen LogP contribution < -0.4 is 5.56 Å². The van der Waals surface area contributed by atoms with Crippen molar-refractivity contribution < 1.29 is 4.79 Å². The van der Waals surface area contributed by atoms with Crippen molar-refractivity contribution in [2.45, 2.75) is 25.3 Å². The maximum atomic E-state index is 12.8. The fourth-order valence-electron chi connectivity index (χ4n) is 3.84. The normalized spacial score (nSPS) is 22.1. The van der Waals surface area contributed by atoms with Crippen LogP contribution in [0.3, 0.4) is 0 Å². The molecule has 4 rings (SSSR count). The van der Waals surface area contributed by atoms with Crippen molar-refractivity contribution in [3.63, 3.8) is 0 Å². The minimum absolute atomic E-state index is 0.0573. The summed E-state index contributed by atoms with van der Waals surface area (Å²) in [6.07, 6.45) is 3.68. The van der Waals surface area contributed by atoms with E-state index in [0.29, 0.717) is 17.1 Å². The minimum atomic E-state index is -0.192. The molecule has 0 bridgehead atoms. The number of nitrogens with zero attached hydrogens (tertiary/aromatic N) is 2. The Morgan fingerprint density at radius 3 is 2.91 bits per heavy atom. The number of carbonyl (C=O) groups excluding carboxylic acids is 1. The van der Waals surface area contributed by atoms with Gasteiger partial charge in [-0.3, -0.25) is 14.5 Å². The molecule has 5 heteroatoms. The van der Waals surface area contributed by atoms with Gasteiger partial charge in [0.1, 0.15) is 5.69 Å². The van der Waals surface area contributed by atoms with E-state index in [4.69, 9.17) is 0 Å². The zero-order valence-electron chi connectivity index (χ0n) is 13.1. The summed E-state index contributed by atoms with van der Waals surface area (Å²) in [4.78, 5) is 32.1. The first kappa shape index (κ1) is 14.5. The maximum absolute atomic E-state index is 12.8. The third-order valence-corrected chi connectivity index (χ3v) is 5.11. The molecule has 1 atom stereocenters. The van der Waals surface area contributed by atoms with Crippen LogP contribution >= 0.6 is 0 Å². The molecule has 0 aliphatic carbocycles. The number of rotatable bonds is 1. The molecule has 3 heterocycles. The average molecular weight is 311 g/mol. The molecule has 5 nitrogen and oxygen atoms in total. The average Bonchev–Trinajstić information content (AvgIpc) is 2.60. The van der Waals surface area contributed by atoms with Gasteiger partial charge < -0.3 is 9.88 Å². The summed E-state index contributed by atoms with van der Waals surface area (Å²) in [5.74, 6) is -0.0573. The first-order valence-electron chi connectivity index (χ1n) is 8.38. The van der Waals surface area contributed by atoms with Gasteiger partial charge in [0.15, 0.2) is 0 Å². The Hall–Kier alpha value is -2.14. The van der Waals surface area contributed by atoms with Gasteiger partial charge in [0.25, 0.3) is 11.5 Å². The SMILES string of the molecule is O=C(c1cc2ccccc2c(=O)[nH]1)N1CCN2CCCC[C@@H]2C1. The summed E-state index contributed by atoms with van der Waals surface area (Å²) in [6, 6.07) is 9.65. The Morgan fingerprint density at radius 2 is 2.00 bits per heavy atom. The van der Waals surface area contributed by atoms with Crippen molar-refractivity contribution in [2.75, 3.05) is 26.2 Å². The van der Waals surface area contributed by atoms with Crippen LogP contribution in [0.5, 0.6) is 0 Å². The van der Waals surface area contributed by atoms with Crippen LogP contribution in [0.4, 0.5) is 0 Å². The fraction of sp³-hybridized carbons (Fsp3) is 0.444. The first-order chi connectivity index (χ1) is 11.2. The van der Waals surface area contributed by atoms with Crippen LogP contribution in [0.1, 0.15) is 29.8 Å². The number of aromatic amines is 1. The summed E-state index contributed by atoms with van der Waals surface area (Å²) < 4.78 is 0. The lowest BCUT2D eigenvalue weighted by Crippen LogP contribution is -2.56. The standard InChI is InChI=1S/C18H21N3O2/c22-17-15-7-2-1-5-13(15)11-16(19-17)18(23)21-10-9-20-8-4-3-6-14(20)12-21/h1-2,5,7,11,14H,3-4,6,8-10,12H2,(H,19,22)/t14-/m1/s1. The molecule has 2 aliphatic rings. The molecule has 2 aromatic rings. The Kier molecular flexibility index (Phi) is 3.65. The predicted octanol–water partition coefficient (Wildman–Crippen LogP) is 1.84. The van der Waals surface area contributed by atoms with Gasteiger partial charge >= 0.3 is 0 Å². The quantitative estimate of drug-likeness (QED) is 0.874. The molecule has 1 N–H and O–H groups in total. The summed E-state index contributed by atoms with van der Waals surface area (Å²) in [5.41, 5.74) is 0.209. The number of benzene rings is 1. The van der Waals surface area contributed by atoms with Crippen LogP contribution in [0, 0.1) is 0 Å². The fourth-order valence-corrected chi connectivity index (χ4v) is 3.84. The third-order valence-electron chi connectivity index (χ3n) is 5.11. The van der Waals surface area contributed by atoms with Crippen LogP contribution in [0.15, 0.2) is 35.1 Å². The second-order valence-electron chi connectivity index (χ2n) is 6.54. The monoisotopic (exact) mass is 311 g/mol. The van der Waals surface area contributed by atoms with Crippen LogP contribution in [0.2, 0.25) is 0 Å². The number of fused-ring (bicyclic) bond motifs is 2. The molecular formula is C18H21N3O2. The molecular weight excluding hydrogens is 290 g/mol. The largest absolute Gasteiger partial charge is 0.335 e. The Balaban J connectivity index is 1.60. The number of hydrogen-bond acceptors (Lipinski definition) is 3. The van der Waals surface area contributed by atoms with Crippen LogP contribution in [-0.4, -0.2) is 52.9 Å². The second kappa shape index (κ2) is 5.81. The molecule has 0 radical (unpaired) electrons. The number of aromatic nitrogens is 1. The van der Waals surface area contributed by atoms with E-state index in [9.17, 15) is 9.59 Å². The minimum Gasteiger partial charge on any atom is -0.335 e. The number of carbonyl (C=O) groups is 1. The molecule has 1 aromatic heterocycles. The van der Waals surface area contributed by atoms with Gasteiger partial charge in [0.05, 0.1) is 0 Å². The molecule has 0 spiro atoms. The number of piperidine rings is 1. The zero-order chi connectivity index (χ0) is 15.8. The summed E-state index contributed by atoms with van der Waals surface area (Å²) in [5, 5.41) is 1.44. The smallest absolute Gasteiger partial charge is 0.270 e. The van der Waals surface area contributed by atoms with E-state index < -0.39 is 0 Å². The van der Waals surface area contributed by atoms with Gasteiger partial charge in [-0.25, -0.2) is 0 Å². The Bertz CT molecular complexity index is 798. The predicted molar refractivity (Wildman–Crippen MR) is 89.7 cm³/mol. The Morgan fingerprint density at radius 1 is 1.13 bits per heavy atom. The lowest BCUT2D eigenvalue weighted by molar-refractivity contribution is 0.0368. The maximum Gasteiger partial charge on any atom is 0.270 e. The number of pyridine rings is 1.